The maximum Gasteiger partial charge on any atom is 0.255 e. The summed E-state index contributed by atoms with van der Waals surface area (Å²) in [6.45, 7) is 3.67. The number of aryl methyl sites for hydroxylation is 1. The molecule has 0 aliphatic carbocycles. The van der Waals surface area contributed by atoms with E-state index in [1.54, 1.807) is 17.9 Å². The van der Waals surface area contributed by atoms with E-state index in [1.807, 2.05) is 0 Å². The quantitative estimate of drug-likeness (QED) is 0.855. The average molecular weight is 321 g/mol. The zero-order chi connectivity index (χ0) is 16.2. The molecule has 0 saturated carbocycles. The van der Waals surface area contributed by atoms with Crippen LogP contribution in [0, 0.1) is 5.82 Å². The number of halogens is 1. The molecule has 1 amide bonds. The van der Waals surface area contributed by atoms with Gasteiger partial charge in [0.05, 0.1) is 12.7 Å². The summed E-state index contributed by atoms with van der Waals surface area (Å²) in [5.41, 5.74) is 1.71. The van der Waals surface area contributed by atoms with E-state index in [2.05, 4.69) is 0 Å². The first-order chi connectivity index (χ1) is 11.1. The predicted octanol–water partition coefficient (Wildman–Crippen LogP) is 3.08. The Morgan fingerprint density at radius 2 is 2.30 bits per heavy atom. The molecule has 0 N–H and O–H groups in total. The monoisotopic (exact) mass is 321 g/mol. The highest BCUT2D eigenvalue weighted by Crippen LogP contribution is 2.28. The van der Waals surface area contributed by atoms with Crippen molar-refractivity contribution in [1.29, 1.82) is 0 Å². The summed E-state index contributed by atoms with van der Waals surface area (Å²) >= 11 is 0. The third-order valence-electron chi connectivity index (χ3n) is 4.58. The Bertz CT molecular complexity index is 557. The molecule has 2 unspecified atom stereocenters. The molecule has 2 aliphatic rings. The molecule has 2 atom stereocenters. The van der Waals surface area contributed by atoms with Crippen molar-refractivity contribution in [1.82, 2.24) is 0 Å². The first kappa shape index (κ1) is 16.4. The van der Waals surface area contributed by atoms with Crippen molar-refractivity contribution in [2.24, 2.45) is 0 Å². The second kappa shape index (κ2) is 7.41. The first-order valence-electron chi connectivity index (χ1n) is 8.48. The maximum atomic E-state index is 13.4. The Morgan fingerprint density at radius 1 is 1.43 bits per heavy atom. The minimum atomic E-state index is -0.517. The summed E-state index contributed by atoms with van der Waals surface area (Å²) in [7, 11) is 0. The lowest BCUT2D eigenvalue weighted by Crippen LogP contribution is -2.43. The van der Waals surface area contributed by atoms with Gasteiger partial charge in [0.25, 0.3) is 5.91 Å². The van der Waals surface area contributed by atoms with Gasteiger partial charge in [0.1, 0.15) is 11.9 Å². The van der Waals surface area contributed by atoms with E-state index in [0.29, 0.717) is 13.2 Å². The second-order valence-electron chi connectivity index (χ2n) is 6.33. The van der Waals surface area contributed by atoms with Crippen molar-refractivity contribution < 1.29 is 18.7 Å². The summed E-state index contributed by atoms with van der Waals surface area (Å²) in [6.07, 6.45) is 4.49. The Kier molecular flexibility index (Phi) is 5.28. The number of ether oxygens (including phenoxy) is 2. The van der Waals surface area contributed by atoms with E-state index in [1.165, 1.54) is 12.1 Å². The molecular formula is C18H24FNO3. The van der Waals surface area contributed by atoms with Crippen LogP contribution in [0.25, 0.3) is 0 Å². The topological polar surface area (TPSA) is 38.8 Å². The number of carbonyl (C=O) groups is 1. The van der Waals surface area contributed by atoms with Gasteiger partial charge in [0, 0.05) is 18.8 Å². The van der Waals surface area contributed by atoms with Gasteiger partial charge >= 0.3 is 0 Å². The van der Waals surface area contributed by atoms with Crippen LogP contribution in [0.1, 0.15) is 38.2 Å². The molecular weight excluding hydrogens is 297 g/mol. The lowest BCUT2D eigenvalue weighted by Gasteiger charge is -2.32. The van der Waals surface area contributed by atoms with E-state index in [-0.39, 0.29) is 17.8 Å². The number of hydrogen-bond acceptors (Lipinski definition) is 3. The molecule has 0 aromatic heterocycles. The number of carbonyl (C=O) groups excluding carboxylic acids is 1. The Labute approximate surface area is 136 Å². The highest BCUT2D eigenvalue weighted by molar-refractivity contribution is 5.97. The van der Waals surface area contributed by atoms with E-state index in [9.17, 15) is 9.18 Å². The zero-order valence-corrected chi connectivity index (χ0v) is 13.6. The van der Waals surface area contributed by atoms with E-state index in [0.717, 1.165) is 50.0 Å². The van der Waals surface area contributed by atoms with Gasteiger partial charge in [-0.05, 0) is 62.8 Å². The molecule has 1 fully saturated rings. The van der Waals surface area contributed by atoms with Crippen LogP contribution in [0.4, 0.5) is 10.1 Å². The Balaban J connectivity index is 1.61. The largest absolute Gasteiger partial charge is 0.376 e. The summed E-state index contributed by atoms with van der Waals surface area (Å²) in [5, 5.41) is 0. The average Bonchev–Trinajstić information content (AvgIpc) is 2.59. The van der Waals surface area contributed by atoms with Crippen LogP contribution in [-0.4, -0.2) is 37.9 Å². The lowest BCUT2D eigenvalue weighted by molar-refractivity contribution is -0.132. The number of nitrogens with zero attached hydrogens (tertiary/aromatic N) is 1. The molecule has 2 aliphatic heterocycles. The molecule has 4 nitrogen and oxygen atoms in total. The maximum absolute atomic E-state index is 13.4. The number of fused-ring (bicyclic) bond motifs is 1. The summed E-state index contributed by atoms with van der Waals surface area (Å²) in [5.74, 6) is -0.315. The van der Waals surface area contributed by atoms with Crippen molar-refractivity contribution in [2.75, 3.05) is 24.7 Å². The fourth-order valence-corrected chi connectivity index (χ4v) is 3.28. The van der Waals surface area contributed by atoms with E-state index >= 15 is 0 Å². The number of hydrogen-bond donors (Lipinski definition) is 0. The van der Waals surface area contributed by atoms with Crippen molar-refractivity contribution in [2.45, 2.75) is 51.2 Å². The molecule has 1 saturated heterocycles. The summed E-state index contributed by atoms with van der Waals surface area (Å²) < 4.78 is 24.7. The number of amides is 1. The number of benzene rings is 1. The van der Waals surface area contributed by atoms with Crippen LogP contribution in [0.2, 0.25) is 0 Å². The molecule has 0 spiro atoms. The fraction of sp³-hybridized carbons (Fsp3) is 0.611. The van der Waals surface area contributed by atoms with Crippen LogP contribution in [-0.2, 0) is 20.7 Å². The SMILES string of the molecule is CC(OCC1CCCCO1)C(=O)N1CCCc2cc(F)ccc21. The van der Waals surface area contributed by atoms with E-state index < -0.39 is 6.10 Å². The lowest BCUT2D eigenvalue weighted by atomic mass is 10.0. The smallest absolute Gasteiger partial charge is 0.255 e. The van der Waals surface area contributed by atoms with Crippen LogP contribution in [0.5, 0.6) is 0 Å². The first-order valence-corrected chi connectivity index (χ1v) is 8.48. The minimum absolute atomic E-state index is 0.0617. The Hall–Kier alpha value is -1.46. The molecule has 126 valence electrons. The van der Waals surface area contributed by atoms with E-state index in [4.69, 9.17) is 9.47 Å². The third kappa shape index (κ3) is 3.90. The van der Waals surface area contributed by atoms with Crippen molar-refractivity contribution in [3.8, 4) is 0 Å². The van der Waals surface area contributed by atoms with Crippen molar-refractivity contribution >= 4 is 11.6 Å². The van der Waals surface area contributed by atoms with Gasteiger partial charge in [-0.25, -0.2) is 4.39 Å². The molecule has 0 radical (unpaired) electrons. The minimum Gasteiger partial charge on any atom is -0.376 e. The predicted molar refractivity (Wildman–Crippen MR) is 86.1 cm³/mol. The van der Waals surface area contributed by atoms with Crippen LogP contribution in [0.3, 0.4) is 0 Å². The Morgan fingerprint density at radius 3 is 3.09 bits per heavy atom. The molecule has 3 rings (SSSR count). The molecule has 1 aromatic rings. The highest BCUT2D eigenvalue weighted by atomic mass is 19.1. The molecule has 23 heavy (non-hydrogen) atoms. The zero-order valence-electron chi connectivity index (χ0n) is 13.6. The summed E-state index contributed by atoms with van der Waals surface area (Å²) in [6, 6.07) is 4.63. The normalized spacial score (nSPS) is 22.5. The molecule has 0 bridgehead atoms. The third-order valence-corrected chi connectivity index (χ3v) is 4.58. The van der Waals surface area contributed by atoms with Gasteiger partial charge in [-0.2, -0.15) is 0 Å². The van der Waals surface area contributed by atoms with Gasteiger partial charge < -0.3 is 14.4 Å². The van der Waals surface area contributed by atoms with Crippen LogP contribution >= 0.6 is 0 Å². The van der Waals surface area contributed by atoms with Crippen LogP contribution < -0.4 is 4.90 Å². The van der Waals surface area contributed by atoms with Gasteiger partial charge in [-0.1, -0.05) is 0 Å². The second-order valence-corrected chi connectivity index (χ2v) is 6.33. The molecule has 2 heterocycles. The highest BCUT2D eigenvalue weighted by Gasteiger charge is 2.27. The number of anilines is 1. The van der Waals surface area contributed by atoms with Crippen molar-refractivity contribution in [3.05, 3.63) is 29.6 Å². The van der Waals surface area contributed by atoms with Gasteiger partial charge in [0.2, 0.25) is 0 Å². The van der Waals surface area contributed by atoms with Gasteiger partial charge in [-0.3, -0.25) is 4.79 Å². The molecule has 1 aromatic carbocycles. The van der Waals surface area contributed by atoms with Crippen LogP contribution in [0.15, 0.2) is 18.2 Å². The number of rotatable bonds is 4. The van der Waals surface area contributed by atoms with Crippen molar-refractivity contribution in [3.63, 3.8) is 0 Å². The summed E-state index contributed by atoms with van der Waals surface area (Å²) in [4.78, 5) is 14.4. The van der Waals surface area contributed by atoms with Gasteiger partial charge in [-0.15, -0.1) is 0 Å². The standard InChI is InChI=1S/C18H24FNO3/c1-13(23-12-16-6-2-3-10-22-16)18(21)20-9-4-5-14-11-15(19)7-8-17(14)20/h7-8,11,13,16H,2-6,9-10,12H2,1H3. The van der Waals surface area contributed by atoms with Gasteiger partial charge in [0.15, 0.2) is 0 Å². The molecule has 5 heteroatoms. The fourth-order valence-electron chi connectivity index (χ4n) is 3.28.